The molecule has 1 aliphatic rings. The van der Waals surface area contributed by atoms with E-state index >= 15 is 0 Å². The Morgan fingerprint density at radius 1 is 1.16 bits per heavy atom. The molecule has 0 radical (unpaired) electrons. The summed E-state index contributed by atoms with van der Waals surface area (Å²) in [6.07, 6.45) is 4.14. The van der Waals surface area contributed by atoms with Crippen LogP contribution in [-0.4, -0.2) is 70.2 Å². The van der Waals surface area contributed by atoms with Crippen molar-refractivity contribution in [3.05, 3.63) is 63.7 Å². The number of aliphatic hydroxyl groups excluding tert-OH is 1. The SMILES string of the molecule is CCc1cc2ncc(CN3CCN(c4ccc(C(=O)NCCO)cn4)CC3)cc2[nH]c1=O. The molecule has 32 heavy (non-hydrogen) atoms. The van der Waals surface area contributed by atoms with Crippen LogP contribution in [-0.2, 0) is 13.0 Å². The number of aromatic nitrogens is 3. The van der Waals surface area contributed by atoms with Gasteiger partial charge < -0.3 is 20.3 Å². The number of hydrogen-bond acceptors (Lipinski definition) is 7. The van der Waals surface area contributed by atoms with Gasteiger partial charge in [0, 0.05) is 57.2 Å². The normalized spacial score (nSPS) is 14.6. The largest absolute Gasteiger partial charge is 0.395 e. The van der Waals surface area contributed by atoms with E-state index in [0.29, 0.717) is 12.0 Å². The summed E-state index contributed by atoms with van der Waals surface area (Å²) in [5.41, 5.74) is 3.85. The van der Waals surface area contributed by atoms with Gasteiger partial charge in [-0.25, -0.2) is 4.98 Å². The fraction of sp³-hybridized carbons (Fsp3) is 0.391. The van der Waals surface area contributed by atoms with Gasteiger partial charge in [0.15, 0.2) is 0 Å². The monoisotopic (exact) mass is 436 g/mol. The third-order valence-electron chi connectivity index (χ3n) is 5.72. The van der Waals surface area contributed by atoms with Crippen molar-refractivity contribution in [2.24, 2.45) is 0 Å². The maximum absolute atomic E-state index is 12.1. The number of hydrogen-bond donors (Lipinski definition) is 3. The molecule has 168 valence electrons. The third-order valence-corrected chi connectivity index (χ3v) is 5.72. The number of amides is 1. The highest BCUT2D eigenvalue weighted by atomic mass is 16.3. The quantitative estimate of drug-likeness (QED) is 0.505. The van der Waals surface area contributed by atoms with Gasteiger partial charge in [0.25, 0.3) is 11.5 Å². The number of aromatic amines is 1. The Balaban J connectivity index is 1.35. The van der Waals surface area contributed by atoms with Crippen LogP contribution in [0.3, 0.4) is 0 Å². The van der Waals surface area contributed by atoms with Crippen LogP contribution in [0.15, 0.2) is 41.5 Å². The molecule has 9 nitrogen and oxygen atoms in total. The molecule has 1 saturated heterocycles. The number of piperazine rings is 1. The first-order valence-corrected chi connectivity index (χ1v) is 10.9. The zero-order chi connectivity index (χ0) is 22.5. The summed E-state index contributed by atoms with van der Waals surface area (Å²) in [7, 11) is 0. The fourth-order valence-corrected chi connectivity index (χ4v) is 3.89. The molecular weight excluding hydrogens is 408 g/mol. The first-order chi connectivity index (χ1) is 15.6. The predicted octanol–water partition coefficient (Wildman–Crippen LogP) is 0.925. The highest BCUT2D eigenvalue weighted by Gasteiger charge is 2.19. The van der Waals surface area contributed by atoms with Crippen LogP contribution in [0.5, 0.6) is 0 Å². The van der Waals surface area contributed by atoms with Crippen LogP contribution < -0.4 is 15.8 Å². The maximum atomic E-state index is 12.1. The highest BCUT2D eigenvalue weighted by molar-refractivity contribution is 5.94. The van der Waals surface area contributed by atoms with E-state index in [0.717, 1.165) is 60.7 Å². The van der Waals surface area contributed by atoms with Crippen molar-refractivity contribution in [2.75, 3.05) is 44.2 Å². The summed E-state index contributed by atoms with van der Waals surface area (Å²) in [6, 6.07) is 7.49. The van der Waals surface area contributed by atoms with E-state index in [9.17, 15) is 9.59 Å². The van der Waals surface area contributed by atoms with Gasteiger partial charge in [0.1, 0.15) is 5.82 Å². The second kappa shape index (κ2) is 9.88. The molecule has 1 aliphatic heterocycles. The van der Waals surface area contributed by atoms with Crippen LogP contribution in [0, 0.1) is 0 Å². The Kier molecular flexibility index (Phi) is 6.77. The first-order valence-electron chi connectivity index (χ1n) is 10.9. The van der Waals surface area contributed by atoms with E-state index in [-0.39, 0.29) is 24.6 Å². The minimum Gasteiger partial charge on any atom is -0.395 e. The van der Waals surface area contributed by atoms with Crippen molar-refractivity contribution in [3.8, 4) is 0 Å². The average Bonchev–Trinajstić information content (AvgIpc) is 2.82. The van der Waals surface area contributed by atoms with Gasteiger partial charge in [-0.3, -0.25) is 19.5 Å². The number of anilines is 1. The number of pyridine rings is 3. The molecule has 0 aliphatic carbocycles. The third kappa shape index (κ3) is 4.95. The predicted molar refractivity (Wildman–Crippen MR) is 123 cm³/mol. The van der Waals surface area contributed by atoms with Crippen LogP contribution in [0.1, 0.15) is 28.4 Å². The van der Waals surface area contributed by atoms with E-state index in [1.54, 1.807) is 12.3 Å². The molecule has 0 saturated carbocycles. The molecule has 9 heteroatoms. The number of carbonyl (C=O) groups is 1. The Labute approximate surface area is 186 Å². The van der Waals surface area contributed by atoms with E-state index in [4.69, 9.17) is 5.11 Å². The number of nitrogens with zero attached hydrogens (tertiary/aromatic N) is 4. The van der Waals surface area contributed by atoms with E-state index < -0.39 is 0 Å². The molecule has 0 bridgehead atoms. The molecule has 0 spiro atoms. The van der Waals surface area contributed by atoms with Gasteiger partial charge in [-0.2, -0.15) is 0 Å². The molecule has 3 aromatic heterocycles. The molecule has 0 aromatic carbocycles. The second-order valence-electron chi connectivity index (χ2n) is 7.90. The molecule has 0 atom stereocenters. The standard InChI is InChI=1S/C23H28N6O3/c1-2-17-12-19-20(27-23(17)32)11-16(13-25-19)15-28-6-8-29(9-7-28)21-4-3-18(14-26-21)22(31)24-5-10-30/h3-4,11-14,30H,2,5-10,15H2,1H3,(H,24,31)(H,27,32). The summed E-state index contributed by atoms with van der Waals surface area (Å²) in [6.45, 7) is 6.30. The van der Waals surface area contributed by atoms with Crippen LogP contribution in [0.4, 0.5) is 5.82 Å². The number of aliphatic hydroxyl groups is 1. The van der Waals surface area contributed by atoms with Crippen molar-refractivity contribution in [1.29, 1.82) is 0 Å². The van der Waals surface area contributed by atoms with Gasteiger partial charge in [0.05, 0.1) is 23.2 Å². The number of rotatable bonds is 7. The maximum Gasteiger partial charge on any atom is 0.252 e. The van der Waals surface area contributed by atoms with Crippen molar-refractivity contribution in [3.63, 3.8) is 0 Å². The Hall–Kier alpha value is -3.30. The zero-order valence-electron chi connectivity index (χ0n) is 18.2. The number of carbonyl (C=O) groups excluding carboxylic acids is 1. The summed E-state index contributed by atoms with van der Waals surface area (Å²) >= 11 is 0. The van der Waals surface area contributed by atoms with E-state index in [1.165, 1.54) is 0 Å². The molecule has 0 unspecified atom stereocenters. The van der Waals surface area contributed by atoms with Gasteiger partial charge in [-0.15, -0.1) is 0 Å². The van der Waals surface area contributed by atoms with Gasteiger partial charge >= 0.3 is 0 Å². The smallest absolute Gasteiger partial charge is 0.252 e. The van der Waals surface area contributed by atoms with Crippen LogP contribution in [0.2, 0.25) is 0 Å². The van der Waals surface area contributed by atoms with Crippen molar-refractivity contribution in [1.82, 2.24) is 25.2 Å². The molecule has 4 heterocycles. The minimum atomic E-state index is -0.237. The molecule has 3 N–H and O–H groups in total. The number of nitrogens with one attached hydrogen (secondary N) is 2. The Morgan fingerprint density at radius 2 is 1.97 bits per heavy atom. The zero-order valence-corrected chi connectivity index (χ0v) is 18.2. The lowest BCUT2D eigenvalue weighted by Gasteiger charge is -2.35. The van der Waals surface area contributed by atoms with Crippen molar-refractivity contribution < 1.29 is 9.90 Å². The van der Waals surface area contributed by atoms with Crippen molar-refractivity contribution in [2.45, 2.75) is 19.9 Å². The molecule has 1 amide bonds. The van der Waals surface area contributed by atoms with E-state index in [2.05, 4.69) is 30.1 Å². The lowest BCUT2D eigenvalue weighted by molar-refractivity contribution is 0.0944. The van der Waals surface area contributed by atoms with Crippen LogP contribution in [0.25, 0.3) is 11.0 Å². The summed E-state index contributed by atoms with van der Waals surface area (Å²) in [5.74, 6) is 0.610. The molecule has 1 fully saturated rings. The molecule has 3 aromatic rings. The second-order valence-corrected chi connectivity index (χ2v) is 7.90. The highest BCUT2D eigenvalue weighted by Crippen LogP contribution is 2.17. The summed E-state index contributed by atoms with van der Waals surface area (Å²) in [5, 5.41) is 11.4. The average molecular weight is 437 g/mol. The molecular formula is C23H28N6O3. The van der Waals surface area contributed by atoms with Gasteiger partial charge in [0.2, 0.25) is 0 Å². The minimum absolute atomic E-state index is 0.0445. The van der Waals surface area contributed by atoms with Gasteiger partial charge in [-0.1, -0.05) is 6.92 Å². The summed E-state index contributed by atoms with van der Waals surface area (Å²) in [4.78, 5) is 40.5. The number of H-pyrrole nitrogens is 1. The number of fused-ring (bicyclic) bond motifs is 1. The first kappa shape index (κ1) is 21.9. The number of aryl methyl sites for hydroxylation is 1. The summed E-state index contributed by atoms with van der Waals surface area (Å²) < 4.78 is 0. The topological polar surface area (TPSA) is 114 Å². The lowest BCUT2D eigenvalue weighted by Crippen LogP contribution is -2.46. The lowest BCUT2D eigenvalue weighted by atomic mass is 10.1. The van der Waals surface area contributed by atoms with Crippen molar-refractivity contribution >= 4 is 22.8 Å². The van der Waals surface area contributed by atoms with Gasteiger partial charge in [-0.05, 0) is 36.2 Å². The Bertz CT molecular complexity index is 1140. The van der Waals surface area contributed by atoms with Crippen LogP contribution >= 0.6 is 0 Å². The van der Waals surface area contributed by atoms with E-state index in [1.807, 2.05) is 31.3 Å². The molecule has 4 rings (SSSR count). The Morgan fingerprint density at radius 3 is 2.66 bits per heavy atom. The fourth-order valence-electron chi connectivity index (χ4n) is 3.89.